The van der Waals surface area contributed by atoms with Crippen molar-refractivity contribution < 1.29 is 5.11 Å². The van der Waals surface area contributed by atoms with Crippen LogP contribution in [-0.4, -0.2) is 11.2 Å². The molecule has 0 aromatic heterocycles. The van der Waals surface area contributed by atoms with Crippen LogP contribution in [-0.2, 0) is 0 Å². The van der Waals surface area contributed by atoms with Crippen LogP contribution in [0.5, 0.6) is 0 Å². The molecule has 0 unspecified atom stereocenters. The van der Waals surface area contributed by atoms with Crippen molar-refractivity contribution in [1.82, 2.24) is 0 Å². The van der Waals surface area contributed by atoms with Crippen molar-refractivity contribution in [1.29, 1.82) is 0 Å². The van der Waals surface area contributed by atoms with Crippen molar-refractivity contribution in [2.24, 2.45) is 46.3 Å². The lowest BCUT2D eigenvalue weighted by molar-refractivity contribution is -0.205. The highest BCUT2D eigenvalue weighted by atomic mass is 16.3. The molecule has 0 saturated heterocycles. The molecule has 0 aliphatic heterocycles. The van der Waals surface area contributed by atoms with Crippen LogP contribution in [0.15, 0.2) is 0 Å². The van der Waals surface area contributed by atoms with E-state index in [-0.39, 0.29) is 6.10 Å². The Hall–Kier alpha value is -0.0400. The first-order chi connectivity index (χ1) is 10.6. The Labute approximate surface area is 135 Å². The van der Waals surface area contributed by atoms with Gasteiger partial charge in [-0.15, -0.1) is 0 Å². The summed E-state index contributed by atoms with van der Waals surface area (Å²) in [6.45, 7) is 0. The van der Waals surface area contributed by atoms with Gasteiger partial charge in [-0.1, -0.05) is 0 Å². The zero-order chi connectivity index (χ0) is 14.5. The topological polar surface area (TPSA) is 20.2 Å². The fourth-order valence-electron chi connectivity index (χ4n) is 9.67. The molecule has 0 heterocycles. The molecule has 8 aliphatic rings. The van der Waals surface area contributed by atoms with Gasteiger partial charge in [0.2, 0.25) is 0 Å². The predicted molar refractivity (Wildman–Crippen MR) is 87.2 cm³/mol. The van der Waals surface area contributed by atoms with Gasteiger partial charge in [0.05, 0.1) is 6.10 Å². The minimum Gasteiger partial charge on any atom is -0.392 e. The Morgan fingerprint density at radius 3 is 0.955 bits per heavy atom. The summed E-state index contributed by atoms with van der Waals surface area (Å²) in [6, 6.07) is 0. The SMILES string of the molecule is OC(C12CC3CC(CC(C3)C1)C2)C12CC3CC(CC(C3)C1)C2. The zero-order valence-electron chi connectivity index (χ0n) is 14.0. The van der Waals surface area contributed by atoms with Gasteiger partial charge >= 0.3 is 0 Å². The summed E-state index contributed by atoms with van der Waals surface area (Å²) >= 11 is 0. The van der Waals surface area contributed by atoms with Crippen molar-refractivity contribution >= 4 is 0 Å². The van der Waals surface area contributed by atoms with Crippen LogP contribution in [0.4, 0.5) is 0 Å². The summed E-state index contributed by atoms with van der Waals surface area (Å²) in [5, 5.41) is 11.8. The first-order valence-corrected chi connectivity index (χ1v) is 10.3. The predicted octanol–water partition coefficient (Wildman–Crippen LogP) is 4.78. The largest absolute Gasteiger partial charge is 0.392 e. The van der Waals surface area contributed by atoms with Crippen LogP contribution in [0.1, 0.15) is 77.0 Å². The molecule has 0 spiro atoms. The quantitative estimate of drug-likeness (QED) is 0.778. The van der Waals surface area contributed by atoms with Gasteiger partial charge in [0.15, 0.2) is 0 Å². The van der Waals surface area contributed by atoms with E-state index in [1.807, 2.05) is 0 Å². The molecule has 8 aliphatic carbocycles. The van der Waals surface area contributed by atoms with Gasteiger partial charge in [-0.25, -0.2) is 0 Å². The molecular formula is C21H32O. The second-order valence-electron chi connectivity index (χ2n) is 11.0. The molecule has 1 N–H and O–H groups in total. The van der Waals surface area contributed by atoms with Crippen molar-refractivity contribution in [3.63, 3.8) is 0 Å². The van der Waals surface area contributed by atoms with E-state index in [2.05, 4.69) is 0 Å². The van der Waals surface area contributed by atoms with Gasteiger partial charge in [-0.3, -0.25) is 0 Å². The smallest absolute Gasteiger partial charge is 0.0653 e. The molecular weight excluding hydrogens is 268 g/mol. The zero-order valence-corrected chi connectivity index (χ0v) is 14.0. The van der Waals surface area contributed by atoms with Gasteiger partial charge in [0.25, 0.3) is 0 Å². The minimum atomic E-state index is 0.0572. The summed E-state index contributed by atoms with van der Waals surface area (Å²) in [5.41, 5.74) is 0.723. The summed E-state index contributed by atoms with van der Waals surface area (Å²) in [5.74, 6) is 5.89. The molecule has 0 amide bonds. The van der Waals surface area contributed by atoms with Gasteiger partial charge < -0.3 is 5.11 Å². The first kappa shape index (κ1) is 13.3. The molecule has 22 heavy (non-hydrogen) atoms. The lowest BCUT2D eigenvalue weighted by Gasteiger charge is -2.65. The molecule has 0 aromatic carbocycles. The van der Waals surface area contributed by atoms with Gasteiger partial charge in [-0.05, 0) is 123 Å². The average molecular weight is 300 g/mol. The highest BCUT2D eigenvalue weighted by Gasteiger charge is 2.62. The highest BCUT2D eigenvalue weighted by molar-refractivity contribution is 5.12. The number of aliphatic hydroxyl groups is 1. The summed E-state index contributed by atoms with van der Waals surface area (Å²) in [6.07, 6.45) is 17.4. The maximum atomic E-state index is 11.8. The third-order valence-electron chi connectivity index (χ3n) is 9.33. The standard InChI is InChI=1S/C21H32O/c22-19(20-7-13-1-14(8-20)3-15(2-13)9-20)21-10-16-4-17(11-21)6-18(5-16)12-21/h13-19,22H,1-12H2. The number of hydrogen-bond donors (Lipinski definition) is 1. The maximum absolute atomic E-state index is 11.8. The molecule has 1 nitrogen and oxygen atoms in total. The molecule has 0 atom stereocenters. The second-order valence-corrected chi connectivity index (χ2v) is 11.0. The van der Waals surface area contributed by atoms with Crippen LogP contribution < -0.4 is 0 Å². The fraction of sp³-hybridized carbons (Fsp3) is 1.00. The Kier molecular flexibility index (Phi) is 2.49. The van der Waals surface area contributed by atoms with Gasteiger partial charge in [0.1, 0.15) is 0 Å². The monoisotopic (exact) mass is 300 g/mol. The Bertz CT molecular complexity index is 378. The number of aliphatic hydroxyl groups excluding tert-OH is 1. The van der Waals surface area contributed by atoms with Crippen LogP contribution in [0.2, 0.25) is 0 Å². The molecule has 8 bridgehead atoms. The maximum Gasteiger partial charge on any atom is 0.0653 e. The third-order valence-corrected chi connectivity index (χ3v) is 9.33. The summed E-state index contributed by atoms with van der Waals surface area (Å²) in [7, 11) is 0. The normalized spacial score (nSPS) is 62.6. The van der Waals surface area contributed by atoms with E-state index in [9.17, 15) is 5.11 Å². The van der Waals surface area contributed by atoms with Crippen molar-refractivity contribution in [3.05, 3.63) is 0 Å². The average Bonchev–Trinajstić information content (AvgIpc) is 2.43. The molecule has 0 radical (unpaired) electrons. The first-order valence-electron chi connectivity index (χ1n) is 10.3. The fourth-order valence-corrected chi connectivity index (χ4v) is 9.67. The highest BCUT2D eigenvalue weighted by Crippen LogP contribution is 2.68. The van der Waals surface area contributed by atoms with E-state index in [4.69, 9.17) is 0 Å². The van der Waals surface area contributed by atoms with E-state index < -0.39 is 0 Å². The van der Waals surface area contributed by atoms with Crippen LogP contribution in [0.25, 0.3) is 0 Å². The van der Waals surface area contributed by atoms with E-state index in [1.165, 1.54) is 77.0 Å². The van der Waals surface area contributed by atoms with E-state index in [0.717, 1.165) is 35.5 Å². The van der Waals surface area contributed by atoms with E-state index in [1.54, 1.807) is 0 Å². The van der Waals surface area contributed by atoms with E-state index >= 15 is 0 Å². The lowest BCUT2D eigenvalue weighted by Crippen LogP contribution is -2.61. The van der Waals surface area contributed by atoms with Crippen LogP contribution >= 0.6 is 0 Å². The molecule has 8 fully saturated rings. The minimum absolute atomic E-state index is 0.0572. The Morgan fingerprint density at radius 1 is 0.500 bits per heavy atom. The van der Waals surface area contributed by atoms with Gasteiger partial charge in [-0.2, -0.15) is 0 Å². The molecule has 1 heteroatoms. The van der Waals surface area contributed by atoms with Crippen LogP contribution in [0.3, 0.4) is 0 Å². The number of hydrogen-bond acceptors (Lipinski definition) is 1. The molecule has 8 rings (SSSR count). The number of rotatable bonds is 2. The summed E-state index contributed by atoms with van der Waals surface area (Å²) < 4.78 is 0. The Morgan fingerprint density at radius 2 is 0.727 bits per heavy atom. The van der Waals surface area contributed by atoms with Crippen molar-refractivity contribution in [3.8, 4) is 0 Å². The van der Waals surface area contributed by atoms with E-state index in [0.29, 0.717) is 10.8 Å². The Balaban J connectivity index is 1.36. The molecule has 122 valence electrons. The lowest BCUT2D eigenvalue weighted by atomic mass is 9.41. The third kappa shape index (κ3) is 1.65. The summed E-state index contributed by atoms with van der Waals surface area (Å²) in [4.78, 5) is 0. The molecule has 0 aromatic rings. The van der Waals surface area contributed by atoms with Gasteiger partial charge in [0, 0.05) is 0 Å². The van der Waals surface area contributed by atoms with Crippen molar-refractivity contribution in [2.75, 3.05) is 0 Å². The van der Waals surface area contributed by atoms with Crippen LogP contribution in [0, 0.1) is 46.3 Å². The van der Waals surface area contributed by atoms with Crippen molar-refractivity contribution in [2.45, 2.75) is 83.2 Å². The molecule has 8 saturated carbocycles. The second kappa shape index (κ2) is 4.13.